The largest absolute Gasteiger partial charge is 0.497 e. The Labute approximate surface area is 264 Å². The molecule has 226 valence electrons. The number of para-hydroxylation sites is 2. The molecular formula is C39H36N2O4. The highest BCUT2D eigenvalue weighted by Crippen LogP contribution is 2.39. The maximum absolute atomic E-state index is 5.65. The van der Waals surface area contributed by atoms with Crippen molar-refractivity contribution in [2.24, 2.45) is 0 Å². The number of nitrogens with zero attached hydrogens (tertiary/aromatic N) is 1. The molecule has 45 heavy (non-hydrogen) atoms. The van der Waals surface area contributed by atoms with Gasteiger partial charge in [-0.3, -0.25) is 0 Å². The first kappa shape index (κ1) is 30.7. The Bertz CT molecular complexity index is 1700. The average Bonchev–Trinajstić information content (AvgIpc) is 3.12. The van der Waals surface area contributed by atoms with Crippen LogP contribution in [0.2, 0.25) is 0 Å². The highest BCUT2D eigenvalue weighted by Gasteiger charge is 2.16. The van der Waals surface area contributed by atoms with Gasteiger partial charge in [0, 0.05) is 34.6 Å². The number of anilines is 2. The van der Waals surface area contributed by atoms with Gasteiger partial charge < -0.3 is 24.3 Å². The van der Waals surface area contributed by atoms with E-state index in [0.29, 0.717) is 11.5 Å². The number of ether oxygens (including phenoxy) is 4. The summed E-state index contributed by atoms with van der Waals surface area (Å²) >= 11 is 0. The van der Waals surface area contributed by atoms with Crippen LogP contribution in [0.3, 0.4) is 0 Å². The van der Waals surface area contributed by atoms with E-state index >= 15 is 0 Å². The molecule has 0 atom stereocenters. The van der Waals surface area contributed by atoms with Crippen LogP contribution in [0.15, 0.2) is 140 Å². The SMILES string of the molecule is COc1ccc(-c2cc(-c3ccccc3)cc(-c3ccc(OC)cc3OC)n2)c(OC)c1.c1ccc(Nc2ccccc2)cc1. The zero-order chi connectivity index (χ0) is 31.4. The third-order valence-corrected chi connectivity index (χ3v) is 7.14. The average molecular weight is 597 g/mol. The van der Waals surface area contributed by atoms with Crippen molar-refractivity contribution < 1.29 is 18.9 Å². The van der Waals surface area contributed by atoms with Crippen molar-refractivity contribution in [3.8, 4) is 56.6 Å². The molecule has 1 heterocycles. The molecule has 0 aliphatic heterocycles. The van der Waals surface area contributed by atoms with Crippen LogP contribution in [-0.4, -0.2) is 33.4 Å². The van der Waals surface area contributed by atoms with Crippen LogP contribution >= 0.6 is 0 Å². The second kappa shape index (κ2) is 15.1. The summed E-state index contributed by atoms with van der Waals surface area (Å²) in [5.41, 5.74) is 7.71. The first-order chi connectivity index (χ1) is 22.1. The van der Waals surface area contributed by atoms with E-state index in [9.17, 15) is 0 Å². The highest BCUT2D eigenvalue weighted by atomic mass is 16.5. The molecule has 0 aliphatic rings. The quantitative estimate of drug-likeness (QED) is 0.179. The molecule has 0 aliphatic carbocycles. The maximum atomic E-state index is 5.65. The van der Waals surface area contributed by atoms with Gasteiger partial charge in [0.25, 0.3) is 0 Å². The molecule has 6 heteroatoms. The number of benzene rings is 5. The fraction of sp³-hybridized carbons (Fsp3) is 0.103. The number of nitrogens with one attached hydrogen (secondary N) is 1. The monoisotopic (exact) mass is 596 g/mol. The number of rotatable bonds is 9. The fourth-order valence-corrected chi connectivity index (χ4v) is 4.83. The lowest BCUT2D eigenvalue weighted by Gasteiger charge is -2.15. The van der Waals surface area contributed by atoms with E-state index in [1.807, 2.05) is 115 Å². The molecule has 5 aromatic carbocycles. The van der Waals surface area contributed by atoms with Crippen LogP contribution in [0, 0.1) is 0 Å². The summed E-state index contributed by atoms with van der Waals surface area (Å²) in [7, 11) is 6.56. The van der Waals surface area contributed by atoms with Crippen LogP contribution < -0.4 is 24.3 Å². The van der Waals surface area contributed by atoms with E-state index < -0.39 is 0 Å². The molecule has 6 aromatic rings. The van der Waals surface area contributed by atoms with Gasteiger partial charge in [0.15, 0.2) is 0 Å². The van der Waals surface area contributed by atoms with Gasteiger partial charge >= 0.3 is 0 Å². The van der Waals surface area contributed by atoms with E-state index in [4.69, 9.17) is 23.9 Å². The molecule has 0 saturated carbocycles. The Balaban J connectivity index is 0.000000256. The van der Waals surface area contributed by atoms with Gasteiger partial charge in [0.05, 0.1) is 39.8 Å². The third-order valence-electron chi connectivity index (χ3n) is 7.14. The number of pyridine rings is 1. The summed E-state index contributed by atoms with van der Waals surface area (Å²) in [6.07, 6.45) is 0. The number of hydrogen-bond donors (Lipinski definition) is 1. The minimum Gasteiger partial charge on any atom is -0.497 e. The van der Waals surface area contributed by atoms with Crippen molar-refractivity contribution >= 4 is 11.4 Å². The summed E-state index contributed by atoms with van der Waals surface area (Å²) < 4.78 is 22.0. The first-order valence-corrected chi connectivity index (χ1v) is 14.5. The van der Waals surface area contributed by atoms with Gasteiger partial charge in [0.2, 0.25) is 0 Å². The normalized spacial score (nSPS) is 10.2. The molecule has 0 unspecified atom stereocenters. The van der Waals surface area contributed by atoms with E-state index in [0.717, 1.165) is 56.5 Å². The van der Waals surface area contributed by atoms with E-state index in [1.54, 1.807) is 28.4 Å². The fourth-order valence-electron chi connectivity index (χ4n) is 4.83. The van der Waals surface area contributed by atoms with E-state index in [2.05, 4.69) is 29.6 Å². The lowest BCUT2D eigenvalue weighted by atomic mass is 9.99. The second-order valence-electron chi connectivity index (χ2n) is 9.98. The van der Waals surface area contributed by atoms with Gasteiger partial charge in [-0.1, -0.05) is 66.7 Å². The number of hydrogen-bond acceptors (Lipinski definition) is 6. The van der Waals surface area contributed by atoms with Crippen LogP contribution in [-0.2, 0) is 0 Å². The summed E-state index contributed by atoms with van der Waals surface area (Å²) in [4.78, 5) is 4.99. The minimum absolute atomic E-state index is 0.690. The molecule has 0 amide bonds. The Morgan fingerprint density at radius 1 is 0.422 bits per heavy atom. The predicted molar refractivity (Wildman–Crippen MR) is 183 cm³/mol. The van der Waals surface area contributed by atoms with Gasteiger partial charge in [0.1, 0.15) is 23.0 Å². The Morgan fingerprint density at radius 2 is 0.844 bits per heavy atom. The van der Waals surface area contributed by atoms with Crippen molar-refractivity contribution in [3.63, 3.8) is 0 Å². The van der Waals surface area contributed by atoms with Gasteiger partial charge in [-0.2, -0.15) is 0 Å². The molecule has 0 radical (unpaired) electrons. The molecule has 0 fully saturated rings. The second-order valence-corrected chi connectivity index (χ2v) is 9.98. The van der Waals surface area contributed by atoms with Gasteiger partial charge in [-0.25, -0.2) is 4.98 Å². The summed E-state index contributed by atoms with van der Waals surface area (Å²) in [5.74, 6) is 2.83. The molecular weight excluding hydrogens is 560 g/mol. The molecule has 1 N–H and O–H groups in total. The van der Waals surface area contributed by atoms with E-state index in [-0.39, 0.29) is 0 Å². The van der Waals surface area contributed by atoms with Crippen LogP contribution in [0.25, 0.3) is 33.6 Å². The Kier molecular flexibility index (Phi) is 10.3. The van der Waals surface area contributed by atoms with Crippen molar-refractivity contribution in [3.05, 3.63) is 140 Å². The number of aromatic nitrogens is 1. The zero-order valence-electron chi connectivity index (χ0n) is 25.9. The number of methoxy groups -OCH3 is 4. The maximum Gasteiger partial charge on any atom is 0.131 e. The summed E-state index contributed by atoms with van der Waals surface area (Å²) in [6, 6.07) is 46.1. The smallest absolute Gasteiger partial charge is 0.131 e. The van der Waals surface area contributed by atoms with Crippen LogP contribution in [0.4, 0.5) is 11.4 Å². The summed E-state index contributed by atoms with van der Waals surface area (Å²) in [5, 5.41) is 3.30. The van der Waals surface area contributed by atoms with Crippen LogP contribution in [0.5, 0.6) is 23.0 Å². The molecule has 0 spiro atoms. The first-order valence-electron chi connectivity index (χ1n) is 14.5. The van der Waals surface area contributed by atoms with E-state index in [1.165, 1.54) is 0 Å². The van der Waals surface area contributed by atoms with Crippen molar-refractivity contribution in [1.29, 1.82) is 0 Å². The van der Waals surface area contributed by atoms with Crippen LogP contribution in [0.1, 0.15) is 0 Å². The Morgan fingerprint density at radius 3 is 1.24 bits per heavy atom. The van der Waals surface area contributed by atoms with Gasteiger partial charge in [-0.05, 0) is 71.8 Å². The standard InChI is InChI=1S/C27H25NO4.C12H11N/c1-29-20-10-12-22(26(16-20)31-3)24-14-19(18-8-6-5-7-9-18)15-25(28-24)23-13-11-21(30-2)17-27(23)32-4;1-3-7-11(8-4-1)13-12-9-5-2-6-10-12/h5-17H,1-4H3;1-10,13H. The van der Waals surface area contributed by atoms with Crippen molar-refractivity contribution in [2.45, 2.75) is 0 Å². The topological polar surface area (TPSA) is 61.8 Å². The van der Waals surface area contributed by atoms with Crippen molar-refractivity contribution in [1.82, 2.24) is 4.98 Å². The van der Waals surface area contributed by atoms with Gasteiger partial charge in [-0.15, -0.1) is 0 Å². The van der Waals surface area contributed by atoms with Crippen molar-refractivity contribution in [2.75, 3.05) is 33.8 Å². The molecule has 1 aromatic heterocycles. The highest BCUT2D eigenvalue weighted by molar-refractivity contribution is 5.80. The third kappa shape index (κ3) is 7.80. The molecule has 0 saturated heterocycles. The molecule has 0 bridgehead atoms. The summed E-state index contributed by atoms with van der Waals surface area (Å²) in [6.45, 7) is 0. The molecule has 6 nitrogen and oxygen atoms in total. The minimum atomic E-state index is 0.690. The molecule has 6 rings (SSSR count). The zero-order valence-corrected chi connectivity index (χ0v) is 25.9. The lowest BCUT2D eigenvalue weighted by molar-refractivity contribution is 0.395. The Hall–Kier alpha value is -5.75. The predicted octanol–water partition coefficient (Wildman–Crippen LogP) is 9.55. The lowest BCUT2D eigenvalue weighted by Crippen LogP contribution is -1.96.